The Balaban J connectivity index is 1.03. The molecule has 0 radical (unpaired) electrons. The number of rotatable bonds is 6. The molecule has 4 nitrogen and oxygen atoms in total. The van der Waals surface area contributed by atoms with Crippen LogP contribution in [0.4, 0.5) is 0 Å². The van der Waals surface area contributed by atoms with Gasteiger partial charge in [0, 0.05) is 19.3 Å². The quantitative estimate of drug-likeness (QED) is 0.576. The Kier molecular flexibility index (Phi) is 4.99. The molecule has 3 unspecified atom stereocenters. The molecule has 5 aliphatic carbocycles. The first-order chi connectivity index (χ1) is 14.7. The van der Waals surface area contributed by atoms with Gasteiger partial charge >= 0.3 is 0 Å². The SMILES string of the molecule is CCOCCCC1CC2(C1)[C@@H]1C3CCC(N4C(=O)CO[C@H]5CCCC[C@@H]54)CCCC312. The van der Waals surface area contributed by atoms with Crippen LogP contribution in [0.15, 0.2) is 0 Å². The molecule has 1 amide bonds. The fraction of sp³-hybridized carbons (Fsp3) is 0.962. The third-order valence-electron chi connectivity index (χ3n) is 10.4. The van der Waals surface area contributed by atoms with Gasteiger partial charge in [0.05, 0.1) is 12.1 Å². The maximum absolute atomic E-state index is 12.8. The van der Waals surface area contributed by atoms with Crippen molar-refractivity contribution in [3.8, 4) is 0 Å². The number of hydrogen-bond acceptors (Lipinski definition) is 3. The van der Waals surface area contributed by atoms with Crippen molar-refractivity contribution in [2.75, 3.05) is 19.8 Å². The molecule has 5 saturated carbocycles. The Hall–Kier alpha value is -0.610. The molecule has 1 saturated heterocycles. The Morgan fingerprint density at radius 1 is 1.10 bits per heavy atom. The lowest BCUT2D eigenvalue weighted by Gasteiger charge is -2.49. The average molecular weight is 416 g/mol. The maximum atomic E-state index is 12.8. The summed E-state index contributed by atoms with van der Waals surface area (Å²) in [5.41, 5.74) is 1.54. The van der Waals surface area contributed by atoms with Crippen LogP contribution in [0.25, 0.3) is 0 Å². The second-order valence-electron chi connectivity index (χ2n) is 11.5. The number of ether oxygens (including phenoxy) is 2. The Bertz CT molecular complexity index is 673. The van der Waals surface area contributed by atoms with E-state index in [4.69, 9.17) is 9.47 Å². The minimum atomic E-state index is 0.282. The first-order valence-corrected chi connectivity index (χ1v) is 13.2. The molecular formula is C26H41NO3. The van der Waals surface area contributed by atoms with E-state index in [1.165, 1.54) is 70.6 Å². The molecule has 168 valence electrons. The van der Waals surface area contributed by atoms with Gasteiger partial charge in [0.1, 0.15) is 6.61 Å². The van der Waals surface area contributed by atoms with E-state index in [2.05, 4.69) is 11.8 Å². The van der Waals surface area contributed by atoms with Gasteiger partial charge in [-0.2, -0.15) is 0 Å². The summed E-state index contributed by atoms with van der Waals surface area (Å²) >= 11 is 0. The van der Waals surface area contributed by atoms with Crippen LogP contribution in [0.2, 0.25) is 0 Å². The van der Waals surface area contributed by atoms with Crippen molar-refractivity contribution in [1.82, 2.24) is 4.90 Å². The first-order valence-electron chi connectivity index (χ1n) is 13.2. The molecule has 30 heavy (non-hydrogen) atoms. The highest BCUT2D eigenvalue weighted by atomic mass is 16.5. The van der Waals surface area contributed by atoms with Crippen LogP contribution in [-0.4, -0.2) is 48.8 Å². The molecule has 2 spiro atoms. The van der Waals surface area contributed by atoms with Crippen molar-refractivity contribution in [3.63, 3.8) is 0 Å². The lowest BCUT2D eigenvalue weighted by molar-refractivity contribution is -0.166. The highest BCUT2D eigenvalue weighted by Gasteiger charge is 2.94. The second-order valence-corrected chi connectivity index (χ2v) is 11.5. The topological polar surface area (TPSA) is 38.8 Å². The number of morpholine rings is 1. The van der Waals surface area contributed by atoms with Crippen molar-refractivity contribution in [3.05, 3.63) is 0 Å². The number of nitrogens with zero attached hydrogens (tertiary/aromatic N) is 1. The summed E-state index contributed by atoms with van der Waals surface area (Å²) in [6.45, 7) is 4.25. The molecule has 6 atom stereocenters. The average Bonchev–Trinajstić information content (AvgIpc) is 3.55. The molecule has 6 fully saturated rings. The third kappa shape index (κ3) is 2.81. The molecule has 0 bridgehead atoms. The van der Waals surface area contributed by atoms with Gasteiger partial charge in [-0.15, -0.1) is 0 Å². The van der Waals surface area contributed by atoms with Crippen molar-refractivity contribution in [2.45, 2.75) is 109 Å². The summed E-state index contributed by atoms with van der Waals surface area (Å²) in [6.07, 6.45) is 17.5. The van der Waals surface area contributed by atoms with E-state index in [1.54, 1.807) is 0 Å². The number of hydrogen-bond donors (Lipinski definition) is 0. The van der Waals surface area contributed by atoms with Gasteiger partial charge in [0.2, 0.25) is 5.91 Å². The Morgan fingerprint density at radius 3 is 2.83 bits per heavy atom. The predicted octanol–water partition coefficient (Wildman–Crippen LogP) is 4.95. The van der Waals surface area contributed by atoms with Gasteiger partial charge in [0.25, 0.3) is 0 Å². The Morgan fingerprint density at radius 2 is 1.97 bits per heavy atom. The lowest BCUT2D eigenvalue weighted by atomic mass is 9.58. The van der Waals surface area contributed by atoms with Gasteiger partial charge in [-0.3, -0.25) is 4.79 Å². The number of fused-ring (bicyclic) bond motifs is 3. The van der Waals surface area contributed by atoms with E-state index < -0.39 is 0 Å². The first kappa shape index (κ1) is 20.0. The monoisotopic (exact) mass is 415 g/mol. The van der Waals surface area contributed by atoms with Gasteiger partial charge in [-0.25, -0.2) is 0 Å². The summed E-state index contributed by atoms with van der Waals surface area (Å²) < 4.78 is 11.5. The van der Waals surface area contributed by atoms with E-state index in [-0.39, 0.29) is 5.91 Å². The summed E-state index contributed by atoms with van der Waals surface area (Å²) in [5.74, 6) is 3.34. The molecular weight excluding hydrogens is 374 g/mol. The fourth-order valence-electron chi connectivity index (χ4n) is 9.27. The lowest BCUT2D eigenvalue weighted by Crippen LogP contribution is -2.59. The van der Waals surface area contributed by atoms with Gasteiger partial charge in [0.15, 0.2) is 0 Å². The predicted molar refractivity (Wildman–Crippen MR) is 116 cm³/mol. The van der Waals surface area contributed by atoms with Crippen molar-refractivity contribution in [1.29, 1.82) is 0 Å². The van der Waals surface area contributed by atoms with Crippen LogP contribution in [0, 0.1) is 28.6 Å². The van der Waals surface area contributed by atoms with E-state index in [0.717, 1.165) is 54.6 Å². The van der Waals surface area contributed by atoms with Crippen molar-refractivity contribution in [2.24, 2.45) is 28.6 Å². The van der Waals surface area contributed by atoms with Crippen LogP contribution in [-0.2, 0) is 14.3 Å². The largest absolute Gasteiger partial charge is 0.382 e. The van der Waals surface area contributed by atoms with Gasteiger partial charge in [-0.1, -0.05) is 19.3 Å². The number of carbonyl (C=O) groups is 1. The standard InChI is InChI=1S/C26H41NO3/c1-2-29-14-6-7-18-15-25(16-18)24-20-12-11-19(8-5-13-26(20,24)25)27-21-9-3-4-10-22(21)30-17-23(27)28/h18-22,24H,2-17H2,1H3/t18?,19?,20?,21-,22-,24-,25?,26?/m0/s1. The Labute approximate surface area is 182 Å². The molecule has 0 N–H and O–H groups in total. The summed E-state index contributed by atoms with van der Waals surface area (Å²) in [5, 5.41) is 0. The van der Waals surface area contributed by atoms with Crippen molar-refractivity contribution < 1.29 is 14.3 Å². The summed E-state index contributed by atoms with van der Waals surface area (Å²) in [4.78, 5) is 15.2. The maximum Gasteiger partial charge on any atom is 0.249 e. The highest BCUT2D eigenvalue weighted by Crippen LogP contribution is 2.99. The normalized spacial score (nSPS) is 49.4. The minimum absolute atomic E-state index is 0.282. The van der Waals surface area contributed by atoms with Gasteiger partial charge in [-0.05, 0) is 99.7 Å². The molecule has 6 rings (SSSR count). The minimum Gasteiger partial charge on any atom is -0.382 e. The molecule has 0 aromatic carbocycles. The third-order valence-corrected chi connectivity index (χ3v) is 10.4. The number of carbonyl (C=O) groups excluding carboxylic acids is 1. The smallest absolute Gasteiger partial charge is 0.249 e. The zero-order chi connectivity index (χ0) is 20.3. The van der Waals surface area contributed by atoms with Crippen molar-refractivity contribution >= 4 is 5.91 Å². The summed E-state index contributed by atoms with van der Waals surface area (Å²) in [7, 11) is 0. The molecule has 6 aliphatic rings. The molecule has 4 heteroatoms. The highest BCUT2D eigenvalue weighted by molar-refractivity contribution is 5.79. The van der Waals surface area contributed by atoms with Crippen LogP contribution in [0.5, 0.6) is 0 Å². The van der Waals surface area contributed by atoms with Crippen LogP contribution in [0.3, 0.4) is 0 Å². The zero-order valence-corrected chi connectivity index (χ0v) is 18.9. The number of amides is 1. The van der Waals surface area contributed by atoms with Crippen LogP contribution in [0.1, 0.15) is 90.4 Å². The zero-order valence-electron chi connectivity index (χ0n) is 18.9. The van der Waals surface area contributed by atoms with E-state index in [9.17, 15) is 4.79 Å². The van der Waals surface area contributed by atoms with E-state index in [1.807, 2.05) is 0 Å². The molecule has 0 aromatic rings. The van der Waals surface area contributed by atoms with Gasteiger partial charge < -0.3 is 14.4 Å². The summed E-state index contributed by atoms with van der Waals surface area (Å²) in [6, 6.07) is 0.871. The van der Waals surface area contributed by atoms with Crippen LogP contribution >= 0.6 is 0 Å². The van der Waals surface area contributed by atoms with E-state index >= 15 is 0 Å². The molecule has 0 aromatic heterocycles. The van der Waals surface area contributed by atoms with E-state index in [0.29, 0.717) is 24.8 Å². The van der Waals surface area contributed by atoms with Crippen LogP contribution < -0.4 is 0 Å². The molecule has 1 heterocycles. The molecule has 1 aliphatic heterocycles. The second kappa shape index (κ2) is 7.47. The fourth-order valence-corrected chi connectivity index (χ4v) is 9.27.